The molecule has 0 N–H and O–H groups in total. The summed E-state index contributed by atoms with van der Waals surface area (Å²) in [6, 6.07) is 0. The molecule has 8 heteroatoms. The maximum atomic E-state index is 8.34. The monoisotopic (exact) mass is 352 g/mol. The van der Waals surface area contributed by atoms with E-state index in [0.29, 0.717) is 49.4 Å². The minimum atomic E-state index is 0. The molecule has 0 rings (SSSR count). The summed E-state index contributed by atoms with van der Waals surface area (Å²) in [5.74, 6) is 0. The summed E-state index contributed by atoms with van der Waals surface area (Å²) >= 11 is 0.600. The third kappa shape index (κ3) is 75.7. The Kier molecular flexibility index (Phi) is 632. The summed E-state index contributed by atoms with van der Waals surface area (Å²) in [5, 5.41) is 0. The van der Waals surface area contributed by atoms with Gasteiger partial charge in [-0.05, 0) is 0 Å². The van der Waals surface area contributed by atoms with Crippen LogP contribution in [0.1, 0.15) is 0 Å². The second-order valence-corrected chi connectivity index (χ2v) is 0. The summed E-state index contributed by atoms with van der Waals surface area (Å²) in [7, 11) is 0. The molecule has 0 aliphatic carbocycles. The van der Waals surface area contributed by atoms with Gasteiger partial charge in [0.2, 0.25) is 0 Å². The van der Waals surface area contributed by atoms with Gasteiger partial charge >= 0.3 is 55.1 Å². The third-order valence-electron chi connectivity index (χ3n) is 0. The Morgan fingerprint density at radius 2 is 0.500 bits per heavy atom. The molecule has 0 aromatic heterocycles. The number of halogens is 4. The Hall–Kier alpha value is 2.53. The molecule has 0 amide bonds. The quantitative estimate of drug-likeness (QED) is 0.432. The molecule has 0 saturated carbocycles. The van der Waals surface area contributed by atoms with Crippen molar-refractivity contribution in [1.82, 2.24) is 0 Å². The fourth-order valence-corrected chi connectivity index (χ4v) is 0. The molecule has 0 aliphatic heterocycles. The topological polar surface area (TPSA) is 34.1 Å². The van der Waals surface area contributed by atoms with Crippen molar-refractivity contribution in [3.05, 3.63) is 0 Å². The first kappa shape index (κ1) is 46.6. The predicted molar refractivity (Wildman–Crippen MR) is 1.37 cm³/mol. The van der Waals surface area contributed by atoms with Crippen molar-refractivity contribution in [1.29, 1.82) is 0 Å². The standard InChI is InChI=1S/4ClH.2O.2Zr/h4*1H;;;;/q;;;;;;2*+2/p-4. The zero-order valence-electron chi connectivity index (χ0n) is 3.33. The molecule has 0 aromatic rings. The molecule has 0 fully saturated rings. The Balaban J connectivity index is -0.00000000167. The molecule has 0 radical (unpaired) electrons. The molecular formula is Cl4O2Zr2. The van der Waals surface area contributed by atoms with Crippen LogP contribution in [0.25, 0.3) is 0 Å². The van der Waals surface area contributed by atoms with Gasteiger partial charge in [0.25, 0.3) is 0 Å². The minimum absolute atomic E-state index is 0. The van der Waals surface area contributed by atoms with E-state index in [9.17, 15) is 0 Å². The Labute approximate surface area is 103 Å². The summed E-state index contributed by atoms with van der Waals surface area (Å²) in [4.78, 5) is 0. The van der Waals surface area contributed by atoms with Gasteiger partial charge in [-0.3, -0.25) is 0 Å². The molecule has 48 valence electrons. The van der Waals surface area contributed by atoms with Crippen LogP contribution in [0.3, 0.4) is 0 Å². The van der Waals surface area contributed by atoms with E-state index in [0.717, 1.165) is 0 Å². The van der Waals surface area contributed by atoms with E-state index in [1.807, 2.05) is 0 Å². The van der Waals surface area contributed by atoms with Gasteiger partial charge in [0, 0.05) is 0 Å². The van der Waals surface area contributed by atoms with Gasteiger partial charge in [-0.1, -0.05) is 0 Å². The van der Waals surface area contributed by atoms with E-state index in [2.05, 4.69) is 0 Å². The van der Waals surface area contributed by atoms with Crippen LogP contribution in [-0.2, 0) is 55.1 Å². The zero-order valence-corrected chi connectivity index (χ0v) is 11.3. The Morgan fingerprint density at radius 3 is 0.500 bits per heavy atom. The Bertz CT molecular complexity index is 14.0. The van der Waals surface area contributed by atoms with Gasteiger partial charge in [0.05, 0.1) is 0 Å². The van der Waals surface area contributed by atoms with E-state index in [-0.39, 0.29) is 49.6 Å². The maximum absolute atomic E-state index is 8.34. The molecule has 2 nitrogen and oxygen atoms in total. The van der Waals surface area contributed by atoms with Crippen molar-refractivity contribution in [2.24, 2.45) is 0 Å². The van der Waals surface area contributed by atoms with Crippen molar-refractivity contribution in [3.63, 3.8) is 0 Å². The number of hydrogen-bond donors (Lipinski definition) is 0. The van der Waals surface area contributed by atoms with E-state index >= 15 is 0 Å². The third-order valence-corrected chi connectivity index (χ3v) is 0. The first-order chi connectivity index (χ1) is 2.00. The number of hydrogen-bond acceptors (Lipinski definition) is 2. The van der Waals surface area contributed by atoms with Gasteiger partial charge in [-0.25, -0.2) is 0 Å². The summed E-state index contributed by atoms with van der Waals surface area (Å²) in [6.07, 6.45) is 0. The molecule has 8 heavy (non-hydrogen) atoms. The van der Waals surface area contributed by atoms with Crippen molar-refractivity contribution >= 4 is 0 Å². The van der Waals surface area contributed by atoms with Crippen molar-refractivity contribution in [3.8, 4) is 0 Å². The fraction of sp³-hybridized carbons (Fsp3) is 0. The van der Waals surface area contributed by atoms with E-state index in [1.54, 1.807) is 0 Å². The van der Waals surface area contributed by atoms with Crippen LogP contribution in [0.5, 0.6) is 0 Å². The van der Waals surface area contributed by atoms with Crippen LogP contribution in [0.2, 0.25) is 0 Å². The van der Waals surface area contributed by atoms with Crippen molar-refractivity contribution in [2.75, 3.05) is 0 Å². The van der Waals surface area contributed by atoms with Crippen molar-refractivity contribution < 1.29 is 105 Å². The van der Waals surface area contributed by atoms with Gasteiger partial charge in [-0.15, -0.1) is 0 Å². The van der Waals surface area contributed by atoms with Crippen LogP contribution in [0.4, 0.5) is 0 Å². The fourth-order valence-electron chi connectivity index (χ4n) is 0. The van der Waals surface area contributed by atoms with E-state index in [4.69, 9.17) is 5.63 Å². The molecule has 0 bridgehead atoms. The molecule has 0 saturated heterocycles. The van der Waals surface area contributed by atoms with E-state index < -0.39 is 0 Å². The molecule has 0 spiro atoms. The van der Waals surface area contributed by atoms with Crippen LogP contribution < -0.4 is 49.6 Å². The van der Waals surface area contributed by atoms with Crippen LogP contribution >= 0.6 is 0 Å². The van der Waals surface area contributed by atoms with Gasteiger partial charge in [-0.2, -0.15) is 0 Å². The first-order valence-electron chi connectivity index (χ1n) is 0.408. The van der Waals surface area contributed by atoms with Crippen LogP contribution in [-0.4, -0.2) is 0 Å². The first-order valence-corrected chi connectivity index (χ1v) is 2.42. The second kappa shape index (κ2) is 109. The molecule has 0 aliphatic rings. The summed E-state index contributed by atoms with van der Waals surface area (Å²) in [5.41, 5.74) is 0. The SMILES string of the molecule is [Cl-].[Cl-].[Cl-].[Cl-].[O]=[Zr+2].[O]=[Zr+2]. The summed E-state index contributed by atoms with van der Waals surface area (Å²) in [6.45, 7) is 0. The normalized spacial score (nSPS) is 1.50. The second-order valence-electron chi connectivity index (χ2n) is 0. The van der Waals surface area contributed by atoms with Gasteiger partial charge < -0.3 is 49.6 Å². The Morgan fingerprint density at radius 1 is 0.500 bits per heavy atom. The van der Waals surface area contributed by atoms with Gasteiger partial charge in [0.1, 0.15) is 0 Å². The van der Waals surface area contributed by atoms with E-state index in [1.165, 1.54) is 0 Å². The zero-order chi connectivity index (χ0) is 4.00. The number of rotatable bonds is 0. The van der Waals surface area contributed by atoms with Crippen LogP contribution in [0.15, 0.2) is 0 Å². The van der Waals surface area contributed by atoms with Crippen molar-refractivity contribution in [2.45, 2.75) is 0 Å². The molecule has 0 atom stereocenters. The van der Waals surface area contributed by atoms with Gasteiger partial charge in [0.15, 0.2) is 0 Å². The molecule has 0 heterocycles. The average Bonchev–Trinajstić information content (AvgIpc) is 1.50. The molecule has 0 aromatic carbocycles. The molecule has 0 unspecified atom stereocenters. The predicted octanol–water partition coefficient (Wildman–Crippen LogP) is -12.2. The summed E-state index contributed by atoms with van der Waals surface area (Å²) < 4.78 is 16.7. The van der Waals surface area contributed by atoms with Crippen LogP contribution in [0, 0.1) is 0 Å². The average molecular weight is 356 g/mol. The molecular weight excluding hydrogens is 356 g/mol.